The maximum absolute atomic E-state index is 5.72. The summed E-state index contributed by atoms with van der Waals surface area (Å²) in [7, 11) is 0. The molecule has 2 aromatic rings. The molecule has 0 saturated heterocycles. The normalized spacial score (nSPS) is 10.7. The Morgan fingerprint density at radius 2 is 2.27 bits per heavy atom. The minimum Gasteiger partial charge on any atom is -0.343 e. The molecule has 0 aliphatic carbocycles. The third kappa shape index (κ3) is 0.994. The van der Waals surface area contributed by atoms with Crippen LogP contribution in [0.4, 0.5) is 0 Å². The quantitative estimate of drug-likeness (QED) is 0.603. The standard InChI is InChI=1S/C8H6ClNO/c1-5-2-3-7-6(4-5)8(9)11-10-7/h2-4H,1H3. The van der Waals surface area contributed by atoms with E-state index in [4.69, 9.17) is 16.1 Å². The first-order valence-corrected chi connectivity index (χ1v) is 3.67. The van der Waals surface area contributed by atoms with Gasteiger partial charge in [-0.3, -0.25) is 0 Å². The molecule has 3 heteroatoms. The molecule has 0 N–H and O–H groups in total. The monoisotopic (exact) mass is 167 g/mol. The number of rotatable bonds is 0. The van der Waals surface area contributed by atoms with Crippen LogP contribution in [0.15, 0.2) is 22.7 Å². The van der Waals surface area contributed by atoms with Gasteiger partial charge in [0.2, 0.25) is 5.22 Å². The zero-order valence-electron chi connectivity index (χ0n) is 5.97. The van der Waals surface area contributed by atoms with Crippen LogP contribution < -0.4 is 0 Å². The Morgan fingerprint density at radius 3 is 3.09 bits per heavy atom. The summed E-state index contributed by atoms with van der Waals surface area (Å²) in [4.78, 5) is 0. The van der Waals surface area contributed by atoms with Crippen molar-refractivity contribution in [3.8, 4) is 0 Å². The molecule has 1 heterocycles. The van der Waals surface area contributed by atoms with E-state index < -0.39 is 0 Å². The fourth-order valence-electron chi connectivity index (χ4n) is 1.03. The summed E-state index contributed by atoms with van der Waals surface area (Å²) < 4.78 is 4.79. The summed E-state index contributed by atoms with van der Waals surface area (Å²) in [6.07, 6.45) is 0. The fourth-order valence-corrected chi connectivity index (χ4v) is 1.21. The Labute approximate surface area is 68.7 Å². The third-order valence-corrected chi connectivity index (χ3v) is 1.86. The maximum Gasteiger partial charge on any atom is 0.233 e. The van der Waals surface area contributed by atoms with Crippen molar-refractivity contribution in [2.45, 2.75) is 6.92 Å². The highest BCUT2D eigenvalue weighted by Crippen LogP contribution is 2.23. The topological polar surface area (TPSA) is 26.0 Å². The molecule has 11 heavy (non-hydrogen) atoms. The number of nitrogens with zero attached hydrogens (tertiary/aromatic N) is 1. The minimum atomic E-state index is 0.365. The molecule has 0 aliphatic rings. The van der Waals surface area contributed by atoms with E-state index in [1.54, 1.807) is 0 Å². The van der Waals surface area contributed by atoms with Crippen molar-refractivity contribution in [2.75, 3.05) is 0 Å². The van der Waals surface area contributed by atoms with E-state index in [2.05, 4.69) is 5.16 Å². The predicted molar refractivity (Wildman–Crippen MR) is 43.8 cm³/mol. The van der Waals surface area contributed by atoms with Crippen LogP contribution in [0.25, 0.3) is 10.9 Å². The van der Waals surface area contributed by atoms with Gasteiger partial charge in [-0.05, 0) is 30.7 Å². The SMILES string of the molecule is Cc1ccc2noc(Cl)c2c1. The van der Waals surface area contributed by atoms with Gasteiger partial charge in [-0.2, -0.15) is 0 Å². The molecule has 0 amide bonds. The molecule has 2 rings (SSSR count). The molecule has 1 aromatic heterocycles. The number of fused-ring (bicyclic) bond motifs is 1. The zero-order chi connectivity index (χ0) is 7.84. The van der Waals surface area contributed by atoms with Crippen LogP contribution in [0, 0.1) is 6.92 Å². The first kappa shape index (κ1) is 6.68. The maximum atomic E-state index is 5.72. The second-order valence-electron chi connectivity index (χ2n) is 2.48. The van der Waals surface area contributed by atoms with Gasteiger partial charge in [0.05, 0.1) is 5.39 Å². The van der Waals surface area contributed by atoms with Crippen molar-refractivity contribution in [3.05, 3.63) is 29.0 Å². The van der Waals surface area contributed by atoms with Gasteiger partial charge in [0.15, 0.2) is 0 Å². The van der Waals surface area contributed by atoms with Gasteiger partial charge in [-0.1, -0.05) is 16.8 Å². The number of hydrogen-bond acceptors (Lipinski definition) is 2. The molecule has 0 spiro atoms. The molecule has 0 aliphatic heterocycles. The Kier molecular flexibility index (Phi) is 1.36. The van der Waals surface area contributed by atoms with Crippen molar-refractivity contribution in [2.24, 2.45) is 0 Å². The highest BCUT2D eigenvalue weighted by Gasteiger charge is 2.03. The van der Waals surface area contributed by atoms with Crippen LogP contribution in [-0.2, 0) is 0 Å². The second kappa shape index (κ2) is 2.24. The van der Waals surface area contributed by atoms with Crippen molar-refractivity contribution < 1.29 is 4.52 Å². The summed E-state index contributed by atoms with van der Waals surface area (Å²) in [5.74, 6) is 0. The number of halogens is 1. The predicted octanol–water partition coefficient (Wildman–Crippen LogP) is 2.79. The van der Waals surface area contributed by atoms with Crippen LogP contribution in [0.1, 0.15) is 5.56 Å². The minimum absolute atomic E-state index is 0.365. The molecule has 2 nitrogen and oxygen atoms in total. The van der Waals surface area contributed by atoms with E-state index in [1.165, 1.54) is 0 Å². The van der Waals surface area contributed by atoms with Gasteiger partial charge in [-0.15, -0.1) is 0 Å². The van der Waals surface area contributed by atoms with E-state index in [0.29, 0.717) is 5.22 Å². The molecule has 1 aromatic carbocycles. The lowest BCUT2D eigenvalue weighted by Crippen LogP contribution is -1.70. The molecule has 0 fully saturated rings. The van der Waals surface area contributed by atoms with Crippen molar-refractivity contribution in [1.82, 2.24) is 5.16 Å². The van der Waals surface area contributed by atoms with Crippen LogP contribution in [0.3, 0.4) is 0 Å². The van der Waals surface area contributed by atoms with Crippen molar-refractivity contribution >= 4 is 22.5 Å². The number of hydrogen-bond donors (Lipinski definition) is 0. The van der Waals surface area contributed by atoms with E-state index in [1.807, 2.05) is 25.1 Å². The van der Waals surface area contributed by atoms with Crippen molar-refractivity contribution in [1.29, 1.82) is 0 Å². The van der Waals surface area contributed by atoms with E-state index >= 15 is 0 Å². The molecule has 0 atom stereocenters. The lowest BCUT2D eigenvalue weighted by atomic mass is 10.2. The molecule has 0 bridgehead atoms. The van der Waals surface area contributed by atoms with Crippen LogP contribution in [0.5, 0.6) is 0 Å². The fraction of sp³-hybridized carbons (Fsp3) is 0.125. The summed E-state index contributed by atoms with van der Waals surface area (Å²) in [5.41, 5.74) is 1.96. The number of aromatic nitrogens is 1. The third-order valence-electron chi connectivity index (χ3n) is 1.59. The highest BCUT2D eigenvalue weighted by molar-refractivity contribution is 6.33. The van der Waals surface area contributed by atoms with Crippen LogP contribution >= 0.6 is 11.6 Å². The van der Waals surface area contributed by atoms with E-state index in [0.717, 1.165) is 16.5 Å². The molecule has 56 valence electrons. The van der Waals surface area contributed by atoms with Gasteiger partial charge in [-0.25, -0.2) is 0 Å². The molecule has 0 saturated carbocycles. The Morgan fingerprint density at radius 1 is 1.45 bits per heavy atom. The Hall–Kier alpha value is -1.02. The van der Waals surface area contributed by atoms with Crippen molar-refractivity contribution in [3.63, 3.8) is 0 Å². The zero-order valence-corrected chi connectivity index (χ0v) is 6.72. The summed E-state index contributed by atoms with van der Waals surface area (Å²) in [6, 6.07) is 5.81. The number of benzene rings is 1. The van der Waals surface area contributed by atoms with Gasteiger partial charge in [0.1, 0.15) is 5.52 Å². The van der Waals surface area contributed by atoms with Gasteiger partial charge < -0.3 is 4.52 Å². The first-order valence-electron chi connectivity index (χ1n) is 3.29. The smallest absolute Gasteiger partial charge is 0.233 e. The lowest BCUT2D eigenvalue weighted by Gasteiger charge is -1.88. The highest BCUT2D eigenvalue weighted by atomic mass is 35.5. The van der Waals surface area contributed by atoms with Crippen LogP contribution in [-0.4, -0.2) is 5.16 Å². The number of aryl methyl sites for hydroxylation is 1. The summed E-state index contributed by atoms with van der Waals surface area (Å²) in [5, 5.41) is 5.00. The van der Waals surface area contributed by atoms with Crippen LogP contribution in [0.2, 0.25) is 5.22 Å². The average Bonchev–Trinajstić information content (AvgIpc) is 2.33. The molecular formula is C8H6ClNO. The van der Waals surface area contributed by atoms with Gasteiger partial charge in [0, 0.05) is 0 Å². The molecular weight excluding hydrogens is 162 g/mol. The average molecular weight is 168 g/mol. The summed E-state index contributed by atoms with van der Waals surface area (Å²) >= 11 is 5.72. The van der Waals surface area contributed by atoms with Gasteiger partial charge in [0.25, 0.3) is 0 Å². The molecule has 0 radical (unpaired) electrons. The summed E-state index contributed by atoms with van der Waals surface area (Å²) in [6.45, 7) is 2.00. The Bertz CT molecular complexity index is 394. The first-order chi connectivity index (χ1) is 5.27. The van der Waals surface area contributed by atoms with E-state index in [-0.39, 0.29) is 0 Å². The second-order valence-corrected chi connectivity index (χ2v) is 2.82. The van der Waals surface area contributed by atoms with E-state index in [9.17, 15) is 0 Å². The molecule has 0 unspecified atom stereocenters. The Balaban J connectivity index is 2.87. The lowest BCUT2D eigenvalue weighted by molar-refractivity contribution is 0.430. The largest absolute Gasteiger partial charge is 0.343 e. The van der Waals surface area contributed by atoms with Gasteiger partial charge >= 0.3 is 0 Å².